The third-order valence-corrected chi connectivity index (χ3v) is 7.76. The lowest BCUT2D eigenvalue weighted by atomic mass is 10.0. The van der Waals surface area contributed by atoms with Crippen LogP contribution in [-0.2, 0) is 4.74 Å². The van der Waals surface area contributed by atoms with Crippen molar-refractivity contribution in [2.24, 2.45) is 0 Å². The SMILES string of the molecule is Cc1ccc2c(Nc3ccc(F)c(Cl)c3)nccc2c1Nc1ncccc1-c1ncnc2c1ncn2C1CCCCO1. The number of hydrogen-bond acceptors (Lipinski definition) is 8. The Morgan fingerprint density at radius 1 is 0.929 bits per heavy atom. The normalized spacial score (nSPS) is 15.3. The number of fused-ring (bicyclic) bond motifs is 2. The van der Waals surface area contributed by atoms with Crippen LogP contribution in [0.5, 0.6) is 0 Å². The molecule has 11 heteroatoms. The topological polar surface area (TPSA) is 103 Å². The van der Waals surface area contributed by atoms with E-state index >= 15 is 0 Å². The number of nitrogens with one attached hydrogen (secondary N) is 2. The van der Waals surface area contributed by atoms with Crippen LogP contribution < -0.4 is 10.6 Å². The molecular formula is C31H26ClFN8O. The van der Waals surface area contributed by atoms with Crippen LogP contribution in [0.2, 0.25) is 5.02 Å². The summed E-state index contributed by atoms with van der Waals surface area (Å²) in [6.07, 6.45) is 9.82. The zero-order valence-electron chi connectivity index (χ0n) is 22.7. The van der Waals surface area contributed by atoms with Gasteiger partial charge in [0.05, 0.1) is 17.0 Å². The van der Waals surface area contributed by atoms with Crippen LogP contribution in [-0.4, -0.2) is 36.1 Å². The molecule has 5 heterocycles. The molecule has 0 bridgehead atoms. The lowest BCUT2D eigenvalue weighted by molar-refractivity contribution is -0.0298. The summed E-state index contributed by atoms with van der Waals surface area (Å²) in [4.78, 5) is 23.1. The van der Waals surface area contributed by atoms with Gasteiger partial charge in [-0.15, -0.1) is 0 Å². The molecule has 1 atom stereocenters. The number of halogens is 2. The molecule has 0 spiro atoms. The maximum absolute atomic E-state index is 13.7. The molecule has 1 unspecified atom stereocenters. The summed E-state index contributed by atoms with van der Waals surface area (Å²) in [7, 11) is 0. The first kappa shape index (κ1) is 26.2. The number of anilines is 4. The van der Waals surface area contributed by atoms with Crippen molar-refractivity contribution in [2.45, 2.75) is 32.4 Å². The molecule has 4 aromatic heterocycles. The zero-order valence-corrected chi connectivity index (χ0v) is 23.4. The Kier molecular flexibility index (Phi) is 6.85. The number of imidazole rings is 1. The molecule has 6 aromatic rings. The summed E-state index contributed by atoms with van der Waals surface area (Å²) < 4.78 is 21.7. The fraction of sp³-hybridized carbons (Fsp3) is 0.194. The largest absolute Gasteiger partial charge is 0.358 e. The number of ether oxygens (including phenoxy) is 1. The van der Waals surface area contributed by atoms with Gasteiger partial charge in [0.2, 0.25) is 0 Å². The lowest BCUT2D eigenvalue weighted by Gasteiger charge is -2.23. The van der Waals surface area contributed by atoms with Gasteiger partial charge in [-0.25, -0.2) is 29.3 Å². The fourth-order valence-corrected chi connectivity index (χ4v) is 5.54. The molecule has 0 radical (unpaired) electrons. The Bertz CT molecular complexity index is 1940. The first-order valence-electron chi connectivity index (χ1n) is 13.7. The number of benzene rings is 2. The Balaban J connectivity index is 1.28. The van der Waals surface area contributed by atoms with E-state index in [4.69, 9.17) is 26.3 Å². The van der Waals surface area contributed by atoms with Crippen LogP contribution in [0.4, 0.5) is 27.4 Å². The van der Waals surface area contributed by atoms with E-state index in [0.29, 0.717) is 28.5 Å². The molecule has 210 valence electrons. The first-order valence-corrected chi connectivity index (χ1v) is 14.1. The van der Waals surface area contributed by atoms with E-state index in [-0.39, 0.29) is 11.3 Å². The summed E-state index contributed by atoms with van der Waals surface area (Å²) in [6, 6.07) is 14.3. The van der Waals surface area contributed by atoms with Gasteiger partial charge in [-0.3, -0.25) is 4.57 Å². The summed E-state index contributed by atoms with van der Waals surface area (Å²) in [5.41, 5.74) is 5.42. The number of hydrogen-bond donors (Lipinski definition) is 2. The molecule has 1 aliphatic rings. The summed E-state index contributed by atoms with van der Waals surface area (Å²) in [6.45, 7) is 2.76. The molecule has 9 nitrogen and oxygen atoms in total. The van der Waals surface area contributed by atoms with Crippen molar-refractivity contribution in [2.75, 3.05) is 17.2 Å². The maximum Gasteiger partial charge on any atom is 0.165 e. The minimum atomic E-state index is -0.476. The molecule has 2 N–H and O–H groups in total. The Morgan fingerprint density at radius 2 is 1.83 bits per heavy atom. The fourth-order valence-electron chi connectivity index (χ4n) is 5.36. The molecule has 1 aliphatic heterocycles. The van der Waals surface area contributed by atoms with Gasteiger partial charge in [-0.1, -0.05) is 23.7 Å². The second-order valence-electron chi connectivity index (χ2n) is 10.2. The van der Waals surface area contributed by atoms with Gasteiger partial charge in [-0.05, 0) is 68.1 Å². The monoisotopic (exact) mass is 580 g/mol. The van der Waals surface area contributed by atoms with Crippen LogP contribution in [0.1, 0.15) is 31.1 Å². The van der Waals surface area contributed by atoms with Crippen LogP contribution in [0.25, 0.3) is 33.2 Å². The highest BCUT2D eigenvalue weighted by atomic mass is 35.5. The van der Waals surface area contributed by atoms with Crippen LogP contribution in [0.3, 0.4) is 0 Å². The molecular weight excluding hydrogens is 555 g/mol. The predicted octanol–water partition coefficient (Wildman–Crippen LogP) is 7.72. The smallest absolute Gasteiger partial charge is 0.165 e. The third-order valence-electron chi connectivity index (χ3n) is 7.47. The van der Waals surface area contributed by atoms with Crippen molar-refractivity contribution < 1.29 is 9.13 Å². The molecule has 7 rings (SSSR count). The lowest BCUT2D eigenvalue weighted by Crippen LogP contribution is -2.17. The molecule has 1 fully saturated rings. The number of rotatable bonds is 6. The van der Waals surface area contributed by atoms with E-state index in [1.807, 2.05) is 41.8 Å². The average molecular weight is 581 g/mol. The quantitative estimate of drug-likeness (QED) is 0.206. The van der Waals surface area contributed by atoms with Gasteiger partial charge in [0.15, 0.2) is 5.65 Å². The molecule has 0 saturated carbocycles. The van der Waals surface area contributed by atoms with Crippen molar-refractivity contribution in [3.63, 3.8) is 0 Å². The second-order valence-corrected chi connectivity index (χ2v) is 10.6. The predicted molar refractivity (Wildman–Crippen MR) is 162 cm³/mol. The van der Waals surface area contributed by atoms with Crippen molar-refractivity contribution in [3.05, 3.63) is 90.0 Å². The van der Waals surface area contributed by atoms with Crippen molar-refractivity contribution in [1.29, 1.82) is 0 Å². The molecule has 2 aromatic carbocycles. The van der Waals surface area contributed by atoms with Crippen LogP contribution in [0.15, 0.2) is 73.6 Å². The van der Waals surface area contributed by atoms with Crippen LogP contribution in [0, 0.1) is 12.7 Å². The number of pyridine rings is 2. The molecule has 0 amide bonds. The van der Waals surface area contributed by atoms with Gasteiger partial charge in [-0.2, -0.15) is 0 Å². The second kappa shape index (κ2) is 11.0. The van der Waals surface area contributed by atoms with Gasteiger partial charge < -0.3 is 15.4 Å². The van der Waals surface area contributed by atoms with Crippen molar-refractivity contribution in [3.8, 4) is 11.3 Å². The Labute approximate surface area is 245 Å². The van der Waals surface area contributed by atoms with Crippen LogP contribution >= 0.6 is 11.6 Å². The number of aryl methyl sites for hydroxylation is 1. The third kappa shape index (κ3) is 4.78. The zero-order chi connectivity index (χ0) is 28.6. The van der Waals surface area contributed by atoms with E-state index in [2.05, 4.69) is 25.6 Å². The molecule has 1 saturated heterocycles. The Hall–Kier alpha value is -4.67. The maximum atomic E-state index is 13.7. The molecule has 0 aliphatic carbocycles. The van der Waals surface area contributed by atoms with Gasteiger partial charge in [0.1, 0.15) is 41.2 Å². The van der Waals surface area contributed by atoms with E-state index in [1.54, 1.807) is 31.1 Å². The van der Waals surface area contributed by atoms with Gasteiger partial charge in [0, 0.05) is 41.0 Å². The van der Waals surface area contributed by atoms with Gasteiger partial charge >= 0.3 is 0 Å². The summed E-state index contributed by atoms with van der Waals surface area (Å²) in [5, 5.41) is 8.68. The Morgan fingerprint density at radius 3 is 2.69 bits per heavy atom. The van der Waals surface area contributed by atoms with E-state index in [1.165, 1.54) is 12.1 Å². The summed E-state index contributed by atoms with van der Waals surface area (Å²) >= 11 is 6.00. The van der Waals surface area contributed by atoms with E-state index < -0.39 is 5.82 Å². The van der Waals surface area contributed by atoms with Gasteiger partial charge in [0.25, 0.3) is 0 Å². The minimum Gasteiger partial charge on any atom is -0.358 e. The number of nitrogens with zero attached hydrogens (tertiary/aromatic N) is 6. The molecule has 42 heavy (non-hydrogen) atoms. The average Bonchev–Trinajstić information content (AvgIpc) is 3.46. The highest BCUT2D eigenvalue weighted by molar-refractivity contribution is 6.31. The minimum absolute atomic E-state index is 0.0380. The van der Waals surface area contributed by atoms with Crippen molar-refractivity contribution in [1.82, 2.24) is 29.5 Å². The first-order chi connectivity index (χ1) is 20.6. The van der Waals surface area contributed by atoms with Crippen molar-refractivity contribution >= 4 is 56.5 Å². The highest BCUT2D eigenvalue weighted by Crippen LogP contribution is 2.37. The standard InChI is InChI=1S/C31H26ClFN8O/c1-18-7-9-21-20(11-13-35-29(21)39-19-8-10-24(33)23(32)15-19)26(18)40-30-22(5-4-12-34-30)27-28-31(37-16-36-27)41(17-38-28)25-6-2-3-14-42-25/h4-5,7-13,15-17,25H,2-3,6,14H2,1H3,(H,34,40)(H,35,39). The summed E-state index contributed by atoms with van der Waals surface area (Å²) in [5.74, 6) is 0.775. The van der Waals surface area contributed by atoms with E-state index in [0.717, 1.165) is 59.1 Å². The number of aromatic nitrogens is 6. The van der Waals surface area contributed by atoms with E-state index in [9.17, 15) is 4.39 Å². The highest BCUT2D eigenvalue weighted by Gasteiger charge is 2.22.